The Morgan fingerprint density at radius 3 is 1.91 bits per heavy atom. The molecule has 0 spiro atoms. The Bertz CT molecular complexity index is 1260. The van der Waals surface area contributed by atoms with E-state index >= 15 is 0 Å². The van der Waals surface area contributed by atoms with Gasteiger partial charge in [-0.15, -0.1) is 0 Å². The van der Waals surface area contributed by atoms with E-state index in [-0.39, 0.29) is 11.3 Å². The van der Waals surface area contributed by atoms with Crippen LogP contribution in [0, 0.1) is 0 Å². The summed E-state index contributed by atoms with van der Waals surface area (Å²) in [5.74, 6) is -0.762. The lowest BCUT2D eigenvalue weighted by molar-refractivity contribution is -0.142. The molecule has 0 heterocycles. The second kappa shape index (κ2) is 9.07. The lowest BCUT2D eigenvalue weighted by Crippen LogP contribution is -2.43. The van der Waals surface area contributed by atoms with Crippen LogP contribution in [0.4, 0.5) is 0 Å². The number of carbonyl (C=O) groups is 2. The summed E-state index contributed by atoms with van der Waals surface area (Å²) in [6, 6.07) is 25.1. The van der Waals surface area contributed by atoms with Gasteiger partial charge in [-0.3, -0.25) is 4.79 Å². The standard InChI is InChI=1S/C29H29NO3/c1-29(2,3)22-15-13-19(14-16-22)27(31)30-26(28(32)33-4)18-25-23-11-7-5-9-20(23)17-21-10-6-8-12-24(21)25/h5-17,26H,18H2,1-4H3,(H,30,31)/t26-/m1/s1. The average Bonchev–Trinajstić information content (AvgIpc) is 2.82. The van der Waals surface area contributed by atoms with Crippen molar-refractivity contribution in [3.63, 3.8) is 0 Å². The van der Waals surface area contributed by atoms with Gasteiger partial charge in [0, 0.05) is 12.0 Å². The molecule has 0 saturated heterocycles. The molecule has 1 N–H and O–H groups in total. The van der Waals surface area contributed by atoms with E-state index in [1.54, 1.807) is 12.1 Å². The predicted octanol–water partition coefficient (Wildman–Crippen LogP) is 5.80. The minimum absolute atomic E-state index is 0.00101. The Morgan fingerprint density at radius 2 is 1.39 bits per heavy atom. The minimum Gasteiger partial charge on any atom is -0.467 e. The van der Waals surface area contributed by atoms with Crippen LogP contribution >= 0.6 is 0 Å². The summed E-state index contributed by atoms with van der Waals surface area (Å²) < 4.78 is 5.06. The summed E-state index contributed by atoms with van der Waals surface area (Å²) in [4.78, 5) is 25.7. The Morgan fingerprint density at radius 1 is 0.848 bits per heavy atom. The number of methoxy groups -OCH3 is 1. The highest BCUT2D eigenvalue weighted by atomic mass is 16.5. The first-order valence-corrected chi connectivity index (χ1v) is 11.2. The zero-order valence-electron chi connectivity index (χ0n) is 19.5. The van der Waals surface area contributed by atoms with E-state index in [1.165, 1.54) is 7.11 Å². The van der Waals surface area contributed by atoms with Crippen LogP contribution in [-0.4, -0.2) is 25.0 Å². The summed E-state index contributed by atoms with van der Waals surface area (Å²) >= 11 is 0. The molecule has 0 saturated carbocycles. The highest BCUT2D eigenvalue weighted by Crippen LogP contribution is 2.30. The highest BCUT2D eigenvalue weighted by Gasteiger charge is 2.25. The quantitative estimate of drug-likeness (QED) is 0.316. The van der Waals surface area contributed by atoms with Crippen molar-refractivity contribution < 1.29 is 14.3 Å². The maximum absolute atomic E-state index is 13.0. The van der Waals surface area contributed by atoms with E-state index < -0.39 is 12.0 Å². The van der Waals surface area contributed by atoms with Crippen LogP contribution in [0.25, 0.3) is 21.5 Å². The van der Waals surface area contributed by atoms with E-state index in [0.29, 0.717) is 12.0 Å². The van der Waals surface area contributed by atoms with Gasteiger partial charge in [0.25, 0.3) is 5.91 Å². The van der Waals surface area contributed by atoms with Gasteiger partial charge >= 0.3 is 5.97 Å². The van der Waals surface area contributed by atoms with E-state index in [9.17, 15) is 9.59 Å². The van der Waals surface area contributed by atoms with Gasteiger partial charge in [0.05, 0.1) is 7.11 Å². The van der Waals surface area contributed by atoms with Crippen LogP contribution in [0.3, 0.4) is 0 Å². The van der Waals surface area contributed by atoms with Gasteiger partial charge in [0.15, 0.2) is 0 Å². The largest absolute Gasteiger partial charge is 0.467 e. The van der Waals surface area contributed by atoms with Gasteiger partial charge in [-0.2, -0.15) is 0 Å². The zero-order valence-corrected chi connectivity index (χ0v) is 19.5. The molecule has 0 radical (unpaired) electrons. The SMILES string of the molecule is COC(=O)[C@@H](Cc1c2ccccc2cc2ccccc12)NC(=O)c1ccc(C(C)(C)C)cc1. The lowest BCUT2D eigenvalue weighted by Gasteiger charge is -2.21. The van der Waals surface area contributed by atoms with Gasteiger partial charge in [-0.05, 0) is 56.3 Å². The van der Waals surface area contributed by atoms with Crippen molar-refractivity contribution in [1.29, 1.82) is 0 Å². The van der Waals surface area contributed by atoms with Crippen LogP contribution in [0.5, 0.6) is 0 Å². The van der Waals surface area contributed by atoms with Gasteiger partial charge in [0.1, 0.15) is 6.04 Å². The lowest BCUT2D eigenvalue weighted by atomic mass is 9.86. The predicted molar refractivity (Wildman–Crippen MR) is 134 cm³/mol. The zero-order chi connectivity index (χ0) is 23.6. The van der Waals surface area contributed by atoms with E-state index in [2.05, 4.69) is 56.4 Å². The van der Waals surface area contributed by atoms with Gasteiger partial charge < -0.3 is 10.1 Å². The first-order chi connectivity index (χ1) is 15.8. The first-order valence-electron chi connectivity index (χ1n) is 11.2. The molecule has 1 atom stereocenters. The summed E-state index contributed by atoms with van der Waals surface area (Å²) in [6.45, 7) is 6.39. The minimum atomic E-state index is -0.806. The second-order valence-electron chi connectivity index (χ2n) is 9.38. The Balaban J connectivity index is 1.69. The molecular weight excluding hydrogens is 410 g/mol. The molecule has 4 nitrogen and oxygen atoms in total. The summed E-state index contributed by atoms with van der Waals surface area (Å²) in [6.07, 6.45) is 0.334. The van der Waals surface area contributed by atoms with Crippen LogP contribution in [-0.2, 0) is 21.4 Å². The summed E-state index contributed by atoms with van der Waals surface area (Å²) in [7, 11) is 1.35. The molecule has 33 heavy (non-hydrogen) atoms. The number of benzene rings is 4. The second-order valence-corrected chi connectivity index (χ2v) is 9.38. The van der Waals surface area contributed by atoms with E-state index in [1.807, 2.05) is 36.4 Å². The average molecular weight is 440 g/mol. The Labute approximate surface area is 194 Å². The molecule has 0 fully saturated rings. The third-order valence-electron chi connectivity index (χ3n) is 6.10. The van der Waals surface area contributed by atoms with Crippen molar-refractivity contribution in [2.24, 2.45) is 0 Å². The molecule has 0 bridgehead atoms. The molecule has 4 aromatic carbocycles. The fraction of sp³-hybridized carbons (Fsp3) is 0.241. The number of fused-ring (bicyclic) bond motifs is 2. The maximum Gasteiger partial charge on any atom is 0.328 e. The molecule has 0 aliphatic rings. The van der Waals surface area contributed by atoms with Crippen molar-refractivity contribution in [3.05, 3.63) is 95.6 Å². The fourth-order valence-corrected chi connectivity index (χ4v) is 4.23. The molecule has 4 heteroatoms. The van der Waals surface area contributed by atoms with Gasteiger partial charge in [0.2, 0.25) is 0 Å². The van der Waals surface area contributed by atoms with Crippen molar-refractivity contribution in [2.75, 3.05) is 7.11 Å². The summed E-state index contributed by atoms with van der Waals surface area (Å²) in [5, 5.41) is 7.23. The topological polar surface area (TPSA) is 55.4 Å². The maximum atomic E-state index is 13.0. The third kappa shape index (κ3) is 4.75. The van der Waals surface area contributed by atoms with Crippen LogP contribution in [0.1, 0.15) is 42.3 Å². The molecule has 0 unspecified atom stereocenters. The molecule has 0 aliphatic heterocycles. The van der Waals surface area contributed by atoms with Crippen molar-refractivity contribution in [2.45, 2.75) is 38.6 Å². The number of hydrogen-bond acceptors (Lipinski definition) is 3. The number of amides is 1. The normalized spacial score (nSPS) is 12.5. The van der Waals surface area contributed by atoms with Crippen molar-refractivity contribution in [3.8, 4) is 0 Å². The number of ether oxygens (including phenoxy) is 1. The molecule has 4 aromatic rings. The number of esters is 1. The third-order valence-corrected chi connectivity index (χ3v) is 6.10. The van der Waals surface area contributed by atoms with Crippen molar-refractivity contribution in [1.82, 2.24) is 5.32 Å². The molecule has 1 amide bonds. The van der Waals surface area contributed by atoms with Gasteiger partial charge in [-0.1, -0.05) is 81.4 Å². The van der Waals surface area contributed by atoms with Crippen LogP contribution in [0.15, 0.2) is 78.9 Å². The first kappa shape index (κ1) is 22.5. The molecule has 0 aliphatic carbocycles. The highest BCUT2D eigenvalue weighted by molar-refractivity contribution is 6.03. The number of nitrogens with one attached hydrogen (secondary N) is 1. The number of hydrogen-bond donors (Lipinski definition) is 1. The number of carbonyl (C=O) groups excluding carboxylic acids is 2. The van der Waals surface area contributed by atoms with Crippen LogP contribution < -0.4 is 5.32 Å². The van der Waals surface area contributed by atoms with Gasteiger partial charge in [-0.25, -0.2) is 4.79 Å². The summed E-state index contributed by atoms with van der Waals surface area (Å²) in [5.41, 5.74) is 2.67. The van der Waals surface area contributed by atoms with Crippen LogP contribution in [0.2, 0.25) is 0 Å². The van der Waals surface area contributed by atoms with Crippen molar-refractivity contribution >= 4 is 33.4 Å². The molecule has 168 valence electrons. The fourth-order valence-electron chi connectivity index (χ4n) is 4.23. The smallest absolute Gasteiger partial charge is 0.328 e. The molecule has 0 aromatic heterocycles. The Hall–Kier alpha value is -3.66. The molecule has 4 rings (SSSR count). The molecular formula is C29H29NO3. The van der Waals surface area contributed by atoms with E-state index in [4.69, 9.17) is 4.74 Å². The number of rotatable bonds is 5. The Kier molecular flexibility index (Phi) is 6.19. The monoisotopic (exact) mass is 439 g/mol. The van der Waals surface area contributed by atoms with E-state index in [0.717, 1.165) is 32.7 Å².